The standard InChI is InChI=1S/C21H26N4O2/c1-14-7-8-19(15(2)11-14)27-13-16(26)12-23-21-17-5-3-4-6-18(17)24-20(25-21)9-10-22/h3-8,11,16,26H,9-10,12-13,22H2,1-2H3,(H,23,24,25). The van der Waals surface area contributed by atoms with Gasteiger partial charge in [0, 0.05) is 18.4 Å². The summed E-state index contributed by atoms with van der Waals surface area (Å²) in [6, 6.07) is 13.8. The number of rotatable bonds is 8. The van der Waals surface area contributed by atoms with E-state index >= 15 is 0 Å². The summed E-state index contributed by atoms with van der Waals surface area (Å²) in [5.41, 5.74) is 8.74. The number of para-hydroxylation sites is 1. The topological polar surface area (TPSA) is 93.3 Å². The molecule has 0 aliphatic heterocycles. The Kier molecular flexibility index (Phi) is 6.21. The second-order valence-electron chi connectivity index (χ2n) is 6.66. The first-order valence-electron chi connectivity index (χ1n) is 9.14. The number of aliphatic hydroxyl groups excluding tert-OH is 1. The third-order valence-corrected chi connectivity index (χ3v) is 4.28. The van der Waals surface area contributed by atoms with Crippen LogP contribution in [-0.4, -0.2) is 40.9 Å². The van der Waals surface area contributed by atoms with Gasteiger partial charge in [0.1, 0.15) is 30.1 Å². The van der Waals surface area contributed by atoms with Crippen molar-refractivity contribution in [2.75, 3.05) is 25.0 Å². The molecule has 0 saturated heterocycles. The largest absolute Gasteiger partial charge is 0.491 e. The fraction of sp³-hybridized carbons (Fsp3) is 0.333. The lowest BCUT2D eigenvalue weighted by molar-refractivity contribution is 0.117. The van der Waals surface area contributed by atoms with Crippen molar-refractivity contribution in [3.63, 3.8) is 0 Å². The van der Waals surface area contributed by atoms with Crippen LogP contribution in [0, 0.1) is 13.8 Å². The average Bonchev–Trinajstić information content (AvgIpc) is 2.65. The van der Waals surface area contributed by atoms with Crippen LogP contribution >= 0.6 is 0 Å². The van der Waals surface area contributed by atoms with Crippen LogP contribution < -0.4 is 15.8 Å². The molecule has 142 valence electrons. The minimum Gasteiger partial charge on any atom is -0.491 e. The highest BCUT2D eigenvalue weighted by atomic mass is 16.5. The smallest absolute Gasteiger partial charge is 0.137 e. The Morgan fingerprint density at radius 1 is 1.15 bits per heavy atom. The molecule has 0 fully saturated rings. The second kappa shape index (κ2) is 8.79. The van der Waals surface area contributed by atoms with E-state index in [1.807, 2.05) is 50.2 Å². The number of benzene rings is 2. The molecule has 0 saturated carbocycles. The lowest BCUT2D eigenvalue weighted by Gasteiger charge is -2.16. The molecule has 1 heterocycles. The Morgan fingerprint density at radius 2 is 1.96 bits per heavy atom. The summed E-state index contributed by atoms with van der Waals surface area (Å²) in [5, 5.41) is 14.5. The van der Waals surface area contributed by atoms with Crippen LogP contribution in [-0.2, 0) is 6.42 Å². The van der Waals surface area contributed by atoms with Gasteiger partial charge in [-0.15, -0.1) is 0 Å². The highest BCUT2D eigenvalue weighted by Gasteiger charge is 2.11. The molecule has 6 nitrogen and oxygen atoms in total. The molecule has 0 bridgehead atoms. The average molecular weight is 366 g/mol. The fourth-order valence-corrected chi connectivity index (χ4v) is 2.92. The SMILES string of the molecule is Cc1ccc(OCC(O)CNc2nc(CCN)nc3ccccc23)c(C)c1. The first-order chi connectivity index (χ1) is 13.1. The Bertz CT molecular complexity index is 914. The highest BCUT2D eigenvalue weighted by Crippen LogP contribution is 2.21. The van der Waals surface area contributed by atoms with Crippen LogP contribution in [0.15, 0.2) is 42.5 Å². The van der Waals surface area contributed by atoms with Crippen LogP contribution in [0.5, 0.6) is 5.75 Å². The highest BCUT2D eigenvalue weighted by molar-refractivity contribution is 5.88. The Labute approximate surface area is 159 Å². The van der Waals surface area contributed by atoms with E-state index in [0.717, 1.165) is 22.2 Å². The zero-order chi connectivity index (χ0) is 19.2. The maximum Gasteiger partial charge on any atom is 0.137 e. The van der Waals surface area contributed by atoms with E-state index in [2.05, 4.69) is 21.4 Å². The van der Waals surface area contributed by atoms with Crippen molar-refractivity contribution >= 4 is 16.7 Å². The number of nitrogens with two attached hydrogens (primary N) is 1. The maximum absolute atomic E-state index is 10.3. The molecular formula is C21H26N4O2. The van der Waals surface area contributed by atoms with E-state index in [9.17, 15) is 5.11 Å². The Balaban J connectivity index is 1.65. The number of nitrogens with one attached hydrogen (secondary N) is 1. The van der Waals surface area contributed by atoms with Gasteiger partial charge in [-0.2, -0.15) is 0 Å². The molecule has 3 aromatic rings. The zero-order valence-corrected chi connectivity index (χ0v) is 15.8. The summed E-state index contributed by atoms with van der Waals surface area (Å²) in [5.74, 6) is 2.19. The first kappa shape index (κ1) is 19.1. The van der Waals surface area contributed by atoms with Gasteiger partial charge in [0.05, 0.1) is 5.52 Å². The number of hydrogen-bond donors (Lipinski definition) is 3. The molecular weight excluding hydrogens is 340 g/mol. The number of nitrogens with zero attached hydrogens (tertiary/aromatic N) is 2. The first-order valence-corrected chi connectivity index (χ1v) is 9.14. The molecule has 6 heteroatoms. The lowest BCUT2D eigenvalue weighted by Crippen LogP contribution is -2.27. The van der Waals surface area contributed by atoms with Gasteiger partial charge in [-0.05, 0) is 44.2 Å². The van der Waals surface area contributed by atoms with Gasteiger partial charge in [-0.3, -0.25) is 0 Å². The normalized spacial score (nSPS) is 12.1. The molecule has 1 unspecified atom stereocenters. The summed E-state index contributed by atoms with van der Waals surface area (Å²) >= 11 is 0. The number of hydrogen-bond acceptors (Lipinski definition) is 6. The molecule has 2 aromatic carbocycles. The van der Waals surface area contributed by atoms with Gasteiger partial charge in [0.15, 0.2) is 0 Å². The summed E-state index contributed by atoms with van der Waals surface area (Å²) in [6.07, 6.45) is -0.0601. The molecule has 27 heavy (non-hydrogen) atoms. The Morgan fingerprint density at radius 3 is 2.74 bits per heavy atom. The minimum absolute atomic E-state index is 0.204. The van der Waals surface area contributed by atoms with Crippen LogP contribution in [0.2, 0.25) is 0 Å². The quantitative estimate of drug-likeness (QED) is 0.567. The summed E-state index contributed by atoms with van der Waals surface area (Å²) in [6.45, 7) is 5.06. The van der Waals surface area contributed by atoms with E-state index in [1.54, 1.807) is 0 Å². The van der Waals surface area contributed by atoms with Gasteiger partial charge in [-0.1, -0.05) is 29.8 Å². The molecule has 1 aromatic heterocycles. The van der Waals surface area contributed by atoms with E-state index in [0.29, 0.717) is 31.2 Å². The summed E-state index contributed by atoms with van der Waals surface area (Å²) < 4.78 is 5.75. The summed E-state index contributed by atoms with van der Waals surface area (Å²) in [4.78, 5) is 9.08. The van der Waals surface area contributed by atoms with Crippen LogP contribution in [0.25, 0.3) is 10.9 Å². The molecule has 0 spiro atoms. The molecule has 0 aliphatic rings. The number of ether oxygens (including phenoxy) is 1. The molecule has 1 atom stereocenters. The van der Waals surface area contributed by atoms with Gasteiger partial charge >= 0.3 is 0 Å². The number of aromatic nitrogens is 2. The van der Waals surface area contributed by atoms with Gasteiger partial charge < -0.3 is 20.9 Å². The zero-order valence-electron chi connectivity index (χ0n) is 15.8. The fourth-order valence-electron chi connectivity index (χ4n) is 2.92. The van der Waals surface area contributed by atoms with Crippen molar-refractivity contribution < 1.29 is 9.84 Å². The number of fused-ring (bicyclic) bond motifs is 1. The molecule has 0 aliphatic carbocycles. The van der Waals surface area contributed by atoms with E-state index in [4.69, 9.17) is 10.5 Å². The number of aryl methyl sites for hydroxylation is 2. The predicted molar refractivity (Wildman–Crippen MR) is 108 cm³/mol. The van der Waals surface area contributed by atoms with E-state index < -0.39 is 6.10 Å². The second-order valence-corrected chi connectivity index (χ2v) is 6.66. The van der Waals surface area contributed by atoms with Crippen molar-refractivity contribution in [3.8, 4) is 5.75 Å². The van der Waals surface area contributed by atoms with E-state index in [-0.39, 0.29) is 6.61 Å². The van der Waals surface area contributed by atoms with E-state index in [1.165, 1.54) is 5.56 Å². The van der Waals surface area contributed by atoms with Crippen molar-refractivity contribution in [1.29, 1.82) is 0 Å². The van der Waals surface area contributed by atoms with Crippen molar-refractivity contribution in [1.82, 2.24) is 9.97 Å². The van der Waals surface area contributed by atoms with Crippen LogP contribution in [0.3, 0.4) is 0 Å². The summed E-state index contributed by atoms with van der Waals surface area (Å²) in [7, 11) is 0. The van der Waals surface area contributed by atoms with Gasteiger partial charge in [0.2, 0.25) is 0 Å². The molecule has 0 radical (unpaired) electrons. The minimum atomic E-state index is -0.669. The third-order valence-electron chi connectivity index (χ3n) is 4.28. The Hall–Kier alpha value is -2.70. The molecule has 3 rings (SSSR count). The maximum atomic E-state index is 10.3. The van der Waals surface area contributed by atoms with Gasteiger partial charge in [0.25, 0.3) is 0 Å². The van der Waals surface area contributed by atoms with Crippen LogP contribution in [0.1, 0.15) is 17.0 Å². The van der Waals surface area contributed by atoms with Crippen molar-refractivity contribution in [2.24, 2.45) is 5.73 Å². The molecule has 0 amide bonds. The lowest BCUT2D eigenvalue weighted by atomic mass is 10.1. The predicted octanol–water partition coefficient (Wildman–Crippen LogP) is 2.60. The third kappa shape index (κ3) is 4.93. The number of anilines is 1. The number of aliphatic hydroxyl groups is 1. The van der Waals surface area contributed by atoms with Crippen molar-refractivity contribution in [2.45, 2.75) is 26.4 Å². The molecule has 4 N–H and O–H groups in total. The van der Waals surface area contributed by atoms with Crippen LogP contribution in [0.4, 0.5) is 5.82 Å². The van der Waals surface area contributed by atoms with Gasteiger partial charge in [-0.25, -0.2) is 9.97 Å². The monoisotopic (exact) mass is 366 g/mol. The van der Waals surface area contributed by atoms with Crippen molar-refractivity contribution in [3.05, 3.63) is 59.4 Å².